The molecule has 0 spiro atoms. The van der Waals surface area contributed by atoms with Crippen LogP contribution in [0, 0.1) is 23.4 Å². The Kier molecular flexibility index (Phi) is 8.64. The smallest absolute Gasteiger partial charge is 0.243 e. The van der Waals surface area contributed by atoms with Crippen molar-refractivity contribution in [3.63, 3.8) is 0 Å². The first-order valence-electron chi connectivity index (χ1n) is 12.1. The minimum Gasteiger partial charge on any atom is -0.382 e. The molecule has 0 amide bonds. The summed E-state index contributed by atoms with van der Waals surface area (Å²) in [5.74, 6) is -3.02. The summed E-state index contributed by atoms with van der Waals surface area (Å²) in [6.45, 7) is 6.54. The molecule has 0 radical (unpaired) electrons. The first kappa shape index (κ1) is 27.0. The molecule has 196 valence electrons. The zero-order valence-electron chi connectivity index (χ0n) is 20.3. The van der Waals surface area contributed by atoms with Crippen molar-refractivity contribution < 1.29 is 26.3 Å². The summed E-state index contributed by atoms with van der Waals surface area (Å²) in [6.07, 6.45) is 2.50. The first-order chi connectivity index (χ1) is 17.2. The van der Waals surface area contributed by atoms with Crippen LogP contribution in [-0.4, -0.2) is 48.6 Å². The zero-order chi connectivity index (χ0) is 25.9. The molecule has 0 unspecified atom stereocenters. The molecule has 1 saturated heterocycles. The van der Waals surface area contributed by atoms with Gasteiger partial charge in [0, 0.05) is 44.2 Å². The van der Waals surface area contributed by atoms with Crippen molar-refractivity contribution in [1.82, 2.24) is 13.9 Å². The predicted octanol–water partition coefficient (Wildman–Crippen LogP) is 5.59. The Labute approximate surface area is 213 Å². The van der Waals surface area contributed by atoms with E-state index in [-0.39, 0.29) is 16.2 Å². The fraction of sp³-hybridized carbons (Fsp3) is 0.480. The molecule has 1 fully saturated rings. The van der Waals surface area contributed by atoms with Gasteiger partial charge in [-0.05, 0) is 62.4 Å². The van der Waals surface area contributed by atoms with Crippen LogP contribution in [0.15, 0.2) is 40.4 Å². The van der Waals surface area contributed by atoms with E-state index in [4.69, 9.17) is 4.74 Å². The largest absolute Gasteiger partial charge is 0.382 e. The number of ether oxygens (including phenoxy) is 1. The summed E-state index contributed by atoms with van der Waals surface area (Å²) in [7, 11) is -3.67. The number of rotatable bonds is 10. The highest BCUT2D eigenvalue weighted by Gasteiger charge is 2.29. The lowest BCUT2D eigenvalue weighted by molar-refractivity contribution is 0.141. The van der Waals surface area contributed by atoms with Gasteiger partial charge in [0.15, 0.2) is 16.8 Å². The second-order valence-corrected chi connectivity index (χ2v) is 11.8. The molecule has 4 rings (SSSR count). The molecule has 0 N–H and O–H groups in total. The van der Waals surface area contributed by atoms with Crippen molar-refractivity contribution in [3.05, 3.63) is 53.3 Å². The third-order valence-electron chi connectivity index (χ3n) is 6.30. The molecule has 1 aliphatic heterocycles. The number of hydrogen-bond donors (Lipinski definition) is 0. The van der Waals surface area contributed by atoms with Gasteiger partial charge < -0.3 is 9.30 Å². The van der Waals surface area contributed by atoms with Gasteiger partial charge in [-0.25, -0.2) is 26.6 Å². The number of hydrogen-bond acceptors (Lipinski definition) is 5. The molecule has 11 heteroatoms. The Balaban J connectivity index is 1.66. The minimum absolute atomic E-state index is 0.166. The Morgan fingerprint density at radius 2 is 1.94 bits per heavy atom. The molecular weight excluding hydrogens is 511 g/mol. The highest BCUT2D eigenvalue weighted by molar-refractivity contribution is 7.98. The number of aryl methyl sites for hydroxylation is 1. The number of halogens is 3. The lowest BCUT2D eigenvalue weighted by Crippen LogP contribution is -2.39. The van der Waals surface area contributed by atoms with E-state index in [0.29, 0.717) is 61.4 Å². The second kappa shape index (κ2) is 11.5. The van der Waals surface area contributed by atoms with Crippen molar-refractivity contribution in [2.75, 3.05) is 26.3 Å². The van der Waals surface area contributed by atoms with E-state index in [1.165, 1.54) is 4.31 Å². The van der Waals surface area contributed by atoms with Gasteiger partial charge in [-0.15, -0.1) is 0 Å². The van der Waals surface area contributed by atoms with Crippen LogP contribution in [0.3, 0.4) is 0 Å². The van der Waals surface area contributed by atoms with E-state index in [9.17, 15) is 21.6 Å². The molecule has 1 atom stereocenters. The van der Waals surface area contributed by atoms with Gasteiger partial charge >= 0.3 is 0 Å². The first-order valence-corrected chi connectivity index (χ1v) is 14.5. The number of sulfonamides is 1. The molecule has 0 aliphatic carbocycles. The standard InChI is InChI=1S/C25H30F3N3O3S2/c1-3-34-13-5-12-31-23-10-7-18(36(32,33)30-11-4-6-17(2)15-30)14-22(23)29-25(31)35-16-19-20(26)8-9-21(27)24(19)28/h7-10,14,17H,3-6,11-13,15-16H2,1-2H3/t17-/m1/s1. The molecule has 0 saturated carbocycles. The molecule has 6 nitrogen and oxygen atoms in total. The summed E-state index contributed by atoms with van der Waals surface area (Å²) in [5, 5.41) is 0.464. The van der Waals surface area contributed by atoms with Gasteiger partial charge in [-0.1, -0.05) is 18.7 Å². The highest BCUT2D eigenvalue weighted by atomic mass is 32.2. The van der Waals surface area contributed by atoms with Gasteiger partial charge in [0.2, 0.25) is 10.0 Å². The molecule has 36 heavy (non-hydrogen) atoms. The topological polar surface area (TPSA) is 64.4 Å². The molecule has 1 aliphatic rings. The van der Waals surface area contributed by atoms with Gasteiger partial charge in [-0.2, -0.15) is 4.31 Å². The molecule has 3 aromatic rings. The van der Waals surface area contributed by atoms with E-state index in [0.717, 1.165) is 36.7 Å². The van der Waals surface area contributed by atoms with Gasteiger partial charge in [0.25, 0.3) is 0 Å². The normalized spacial score (nSPS) is 17.2. The van der Waals surface area contributed by atoms with Crippen LogP contribution in [0.25, 0.3) is 11.0 Å². The van der Waals surface area contributed by atoms with Gasteiger partial charge in [0.1, 0.15) is 5.82 Å². The summed E-state index contributed by atoms with van der Waals surface area (Å²) >= 11 is 1.07. The predicted molar refractivity (Wildman–Crippen MR) is 134 cm³/mol. The Morgan fingerprint density at radius 3 is 2.69 bits per heavy atom. The third kappa shape index (κ3) is 5.74. The molecule has 0 bridgehead atoms. The number of thioether (sulfide) groups is 1. The van der Waals surface area contributed by atoms with E-state index in [2.05, 4.69) is 4.98 Å². The van der Waals surface area contributed by atoms with E-state index in [1.807, 2.05) is 18.4 Å². The summed E-state index contributed by atoms with van der Waals surface area (Å²) < 4.78 is 77.4. The quantitative estimate of drug-likeness (QED) is 0.190. The fourth-order valence-electron chi connectivity index (χ4n) is 4.40. The van der Waals surface area contributed by atoms with Crippen molar-refractivity contribution in [1.29, 1.82) is 0 Å². The zero-order valence-corrected chi connectivity index (χ0v) is 22.0. The Bertz CT molecular complexity index is 1330. The summed E-state index contributed by atoms with van der Waals surface area (Å²) in [6, 6.07) is 6.51. The maximum absolute atomic E-state index is 14.2. The minimum atomic E-state index is -3.67. The van der Waals surface area contributed by atoms with Crippen LogP contribution >= 0.6 is 11.8 Å². The second-order valence-electron chi connectivity index (χ2n) is 8.97. The number of piperidine rings is 1. The number of nitrogens with zero attached hydrogens (tertiary/aromatic N) is 3. The van der Waals surface area contributed by atoms with Crippen LogP contribution < -0.4 is 0 Å². The van der Waals surface area contributed by atoms with Gasteiger partial charge in [-0.3, -0.25) is 0 Å². The lowest BCUT2D eigenvalue weighted by Gasteiger charge is -2.30. The molecule has 2 aromatic carbocycles. The van der Waals surface area contributed by atoms with Crippen molar-refractivity contribution in [2.45, 2.75) is 55.5 Å². The molecule has 1 aromatic heterocycles. The van der Waals surface area contributed by atoms with Crippen molar-refractivity contribution in [3.8, 4) is 0 Å². The van der Waals surface area contributed by atoms with E-state index >= 15 is 0 Å². The third-order valence-corrected chi connectivity index (χ3v) is 9.17. The number of imidazole rings is 1. The van der Waals surface area contributed by atoms with E-state index < -0.39 is 27.5 Å². The average Bonchev–Trinajstić information content (AvgIpc) is 3.21. The Hall–Kier alpha value is -2.08. The SMILES string of the molecule is CCOCCCn1c(SCc2c(F)ccc(F)c2F)nc2cc(S(=O)(=O)N3CCC[C@@H](C)C3)ccc21. The van der Waals surface area contributed by atoms with Crippen molar-refractivity contribution in [2.24, 2.45) is 5.92 Å². The van der Waals surface area contributed by atoms with Crippen LogP contribution in [-0.2, 0) is 27.1 Å². The van der Waals surface area contributed by atoms with Crippen LogP contribution in [0.5, 0.6) is 0 Å². The molecule has 2 heterocycles. The number of aromatic nitrogens is 2. The van der Waals surface area contributed by atoms with Crippen LogP contribution in [0.4, 0.5) is 13.2 Å². The summed E-state index contributed by atoms with van der Waals surface area (Å²) in [4.78, 5) is 4.77. The molecular formula is C25H30F3N3O3S2. The Morgan fingerprint density at radius 1 is 1.17 bits per heavy atom. The maximum Gasteiger partial charge on any atom is 0.243 e. The highest BCUT2D eigenvalue weighted by Crippen LogP contribution is 2.32. The lowest BCUT2D eigenvalue weighted by atomic mass is 10.0. The average molecular weight is 542 g/mol. The van der Waals surface area contributed by atoms with Crippen LogP contribution in [0.1, 0.15) is 38.7 Å². The van der Waals surface area contributed by atoms with E-state index in [1.54, 1.807) is 18.2 Å². The fourth-order valence-corrected chi connectivity index (χ4v) is 7.06. The maximum atomic E-state index is 14.2. The van der Waals surface area contributed by atoms with Crippen LogP contribution in [0.2, 0.25) is 0 Å². The number of fused-ring (bicyclic) bond motifs is 1. The summed E-state index contributed by atoms with van der Waals surface area (Å²) in [5.41, 5.74) is 0.816. The monoisotopic (exact) mass is 541 g/mol. The van der Waals surface area contributed by atoms with Crippen molar-refractivity contribution >= 4 is 32.8 Å². The van der Waals surface area contributed by atoms with Gasteiger partial charge in [0.05, 0.1) is 15.9 Å². The number of benzene rings is 2.